The molecule has 0 unspecified atom stereocenters. The van der Waals surface area contributed by atoms with Crippen molar-refractivity contribution in [3.63, 3.8) is 0 Å². The number of esters is 1. The van der Waals surface area contributed by atoms with Crippen molar-refractivity contribution in [3.8, 4) is 28.7 Å². The second-order valence-corrected chi connectivity index (χ2v) is 11.0. The lowest BCUT2D eigenvalue weighted by molar-refractivity contribution is 0.0732. The lowest BCUT2D eigenvalue weighted by Crippen LogP contribution is -2.19. The molecule has 0 bridgehead atoms. The highest BCUT2D eigenvalue weighted by atomic mass is 79.9. The van der Waals surface area contributed by atoms with Crippen molar-refractivity contribution in [2.24, 2.45) is 5.10 Å². The molecular weight excluding hydrogens is 688 g/mol. The third kappa shape index (κ3) is 5.94. The number of nitrogens with one attached hydrogen (secondary N) is 2. The zero-order valence-corrected chi connectivity index (χ0v) is 25.7. The number of carbonyl (C=O) groups is 2. The van der Waals surface area contributed by atoms with Crippen LogP contribution in [-0.4, -0.2) is 30.2 Å². The molecule has 0 spiro atoms. The summed E-state index contributed by atoms with van der Waals surface area (Å²) in [5.41, 5.74) is 5.45. The molecule has 0 saturated carbocycles. The Hall–Kier alpha value is -4.43. The van der Waals surface area contributed by atoms with Gasteiger partial charge < -0.3 is 14.5 Å². The molecular formula is C31H19Br2ClN4O4. The minimum atomic E-state index is -0.605. The number of amides is 1. The topological polar surface area (TPSA) is 117 Å². The number of hydrogen-bond donors (Lipinski definition) is 2. The maximum Gasteiger partial charge on any atom is 0.343 e. The Balaban J connectivity index is 1.47. The van der Waals surface area contributed by atoms with Crippen molar-refractivity contribution in [1.29, 1.82) is 5.26 Å². The number of para-hydroxylation sites is 1. The van der Waals surface area contributed by atoms with Crippen molar-refractivity contribution in [2.45, 2.75) is 0 Å². The van der Waals surface area contributed by atoms with E-state index in [-0.39, 0.29) is 11.4 Å². The monoisotopic (exact) mass is 704 g/mol. The van der Waals surface area contributed by atoms with Gasteiger partial charge in [-0.25, -0.2) is 10.2 Å². The van der Waals surface area contributed by atoms with Crippen LogP contribution in [0.2, 0.25) is 5.02 Å². The van der Waals surface area contributed by atoms with Crippen LogP contribution in [0.25, 0.3) is 22.0 Å². The third-order valence-corrected chi connectivity index (χ3v) is 7.61. The lowest BCUT2D eigenvalue weighted by Gasteiger charge is -2.11. The summed E-state index contributed by atoms with van der Waals surface area (Å²) in [6, 6.07) is 24.5. The molecule has 0 aliphatic heterocycles. The molecule has 1 heterocycles. The zero-order chi connectivity index (χ0) is 29.8. The Bertz CT molecular complexity index is 1930. The van der Waals surface area contributed by atoms with E-state index in [1.807, 2.05) is 12.1 Å². The summed E-state index contributed by atoms with van der Waals surface area (Å²) >= 11 is 13.4. The van der Waals surface area contributed by atoms with Gasteiger partial charge in [0.1, 0.15) is 17.5 Å². The molecule has 0 aliphatic carbocycles. The van der Waals surface area contributed by atoms with Crippen molar-refractivity contribution < 1.29 is 19.1 Å². The maximum atomic E-state index is 13.5. The van der Waals surface area contributed by atoms with Crippen LogP contribution in [0.5, 0.6) is 11.5 Å². The van der Waals surface area contributed by atoms with E-state index in [4.69, 9.17) is 21.1 Å². The van der Waals surface area contributed by atoms with Gasteiger partial charge >= 0.3 is 5.97 Å². The van der Waals surface area contributed by atoms with Crippen LogP contribution in [0.15, 0.2) is 92.9 Å². The van der Waals surface area contributed by atoms with E-state index in [1.54, 1.807) is 66.7 Å². The van der Waals surface area contributed by atoms with Gasteiger partial charge in [-0.05, 0) is 58.4 Å². The number of benzene rings is 4. The van der Waals surface area contributed by atoms with E-state index in [0.29, 0.717) is 58.4 Å². The molecule has 0 aliphatic rings. The summed E-state index contributed by atoms with van der Waals surface area (Å²) in [5.74, 6) is -0.458. The molecule has 4 aromatic carbocycles. The Morgan fingerprint density at radius 2 is 1.83 bits per heavy atom. The van der Waals surface area contributed by atoms with E-state index >= 15 is 0 Å². The molecule has 2 N–H and O–H groups in total. The summed E-state index contributed by atoms with van der Waals surface area (Å²) in [4.78, 5) is 29.4. The van der Waals surface area contributed by atoms with Crippen molar-refractivity contribution in [3.05, 3.63) is 115 Å². The molecule has 42 heavy (non-hydrogen) atoms. The van der Waals surface area contributed by atoms with Gasteiger partial charge in [0.15, 0.2) is 5.75 Å². The minimum absolute atomic E-state index is 0.179. The Morgan fingerprint density at radius 1 is 1.05 bits per heavy atom. The van der Waals surface area contributed by atoms with E-state index < -0.39 is 11.9 Å². The van der Waals surface area contributed by atoms with Gasteiger partial charge in [-0.15, -0.1) is 0 Å². The first-order chi connectivity index (χ1) is 20.3. The molecule has 5 rings (SSSR count). The molecule has 208 valence electrons. The molecule has 5 aromatic rings. The average molecular weight is 707 g/mol. The van der Waals surface area contributed by atoms with Gasteiger partial charge in [0.2, 0.25) is 0 Å². The number of fused-ring (bicyclic) bond motifs is 1. The maximum absolute atomic E-state index is 13.5. The quantitative estimate of drug-likeness (QED) is 0.0774. The minimum Gasteiger partial charge on any atom is -0.497 e. The van der Waals surface area contributed by atoms with Crippen molar-refractivity contribution >= 4 is 72.5 Å². The number of methoxy groups -OCH3 is 1. The summed E-state index contributed by atoms with van der Waals surface area (Å²) in [6.07, 6.45) is 1.36. The van der Waals surface area contributed by atoms with Gasteiger partial charge in [-0.1, -0.05) is 63.9 Å². The average Bonchev–Trinajstić information content (AvgIpc) is 3.38. The number of hydrazone groups is 1. The first kappa shape index (κ1) is 29.1. The highest BCUT2D eigenvalue weighted by Gasteiger charge is 2.22. The SMILES string of the molecule is COc1cccc(C(=O)Oc2c(Br)cc(Br)cc2C=NNC(=O)c2[nH]c3c(C#N)cccc3c2-c2ccccc2Cl)c1. The lowest BCUT2D eigenvalue weighted by atomic mass is 10.0. The Labute approximate surface area is 262 Å². The van der Waals surface area contributed by atoms with Gasteiger partial charge in [-0.3, -0.25) is 4.79 Å². The van der Waals surface area contributed by atoms with Crippen LogP contribution in [0.4, 0.5) is 0 Å². The molecule has 0 fully saturated rings. The third-order valence-electron chi connectivity index (χ3n) is 6.23. The Kier molecular flexibility index (Phi) is 8.73. The smallest absolute Gasteiger partial charge is 0.343 e. The first-order valence-corrected chi connectivity index (χ1v) is 14.3. The van der Waals surface area contributed by atoms with Crippen LogP contribution in [-0.2, 0) is 0 Å². The van der Waals surface area contributed by atoms with Gasteiger partial charge in [0.05, 0.1) is 34.4 Å². The number of aromatic amines is 1. The van der Waals surface area contributed by atoms with E-state index in [9.17, 15) is 14.9 Å². The fourth-order valence-corrected chi connectivity index (χ4v) is 5.90. The molecule has 8 nitrogen and oxygen atoms in total. The fraction of sp³-hybridized carbons (Fsp3) is 0.0323. The highest BCUT2D eigenvalue weighted by molar-refractivity contribution is 9.11. The van der Waals surface area contributed by atoms with E-state index in [1.165, 1.54) is 13.3 Å². The predicted molar refractivity (Wildman–Crippen MR) is 168 cm³/mol. The number of rotatable bonds is 7. The van der Waals surface area contributed by atoms with Crippen molar-refractivity contribution in [1.82, 2.24) is 10.4 Å². The second kappa shape index (κ2) is 12.6. The fourth-order valence-electron chi connectivity index (χ4n) is 4.33. The number of ether oxygens (including phenoxy) is 2. The predicted octanol–water partition coefficient (Wildman–Crippen LogP) is 7.88. The van der Waals surface area contributed by atoms with Crippen LogP contribution in [0.1, 0.15) is 32.0 Å². The normalized spacial score (nSPS) is 10.9. The van der Waals surface area contributed by atoms with Crippen LogP contribution in [0.3, 0.4) is 0 Å². The van der Waals surface area contributed by atoms with Crippen LogP contribution < -0.4 is 14.9 Å². The number of hydrogen-bond acceptors (Lipinski definition) is 6. The summed E-state index contributed by atoms with van der Waals surface area (Å²) in [5, 5.41) is 14.9. The standard InChI is InChI=1S/C31H19Br2ClN4O4/c1-41-21-8-4-6-17(13-21)31(40)42-29-19(12-20(32)14-24(29)33)16-36-38-30(39)28-26(22-9-2-3-11-25(22)34)23-10-5-7-18(15-35)27(23)37-28/h2-14,16,37H,1H3,(H,38,39). The highest BCUT2D eigenvalue weighted by Crippen LogP contribution is 2.38. The first-order valence-electron chi connectivity index (χ1n) is 12.3. The van der Waals surface area contributed by atoms with E-state index in [2.05, 4.69) is 53.4 Å². The van der Waals surface area contributed by atoms with Gasteiger partial charge in [0, 0.05) is 31.6 Å². The van der Waals surface area contributed by atoms with Crippen molar-refractivity contribution in [2.75, 3.05) is 7.11 Å². The number of carbonyl (C=O) groups excluding carboxylic acids is 2. The largest absolute Gasteiger partial charge is 0.497 e. The number of nitrogens with zero attached hydrogens (tertiary/aromatic N) is 2. The summed E-state index contributed by atoms with van der Waals surface area (Å²) in [6.45, 7) is 0. The number of halogens is 3. The molecule has 0 saturated heterocycles. The van der Waals surface area contributed by atoms with Crippen LogP contribution in [0, 0.1) is 11.3 Å². The number of H-pyrrole nitrogens is 1. The van der Waals surface area contributed by atoms with E-state index in [0.717, 1.165) is 0 Å². The summed E-state index contributed by atoms with van der Waals surface area (Å²) < 4.78 is 12.1. The van der Waals surface area contributed by atoms with Gasteiger partial charge in [0.25, 0.3) is 5.91 Å². The van der Waals surface area contributed by atoms with Gasteiger partial charge in [-0.2, -0.15) is 10.4 Å². The molecule has 1 aromatic heterocycles. The zero-order valence-electron chi connectivity index (χ0n) is 21.7. The molecule has 1 amide bonds. The molecule has 0 radical (unpaired) electrons. The second-order valence-electron chi connectivity index (χ2n) is 8.82. The van der Waals surface area contributed by atoms with Crippen LogP contribution >= 0.6 is 43.5 Å². The Morgan fingerprint density at radius 3 is 2.60 bits per heavy atom. The number of nitriles is 1. The summed E-state index contributed by atoms with van der Waals surface area (Å²) in [7, 11) is 1.51. The number of aromatic nitrogens is 1. The molecule has 11 heteroatoms. The molecule has 0 atom stereocenters.